The van der Waals surface area contributed by atoms with Crippen LogP contribution in [0.15, 0.2) is 66.2 Å². The average molecular weight is 281 g/mol. The Morgan fingerprint density at radius 2 is 1.67 bits per heavy atom. The lowest BCUT2D eigenvalue weighted by atomic mass is 10.1. The van der Waals surface area contributed by atoms with Gasteiger partial charge in [-0.1, -0.05) is 55.5 Å². The van der Waals surface area contributed by atoms with Crippen LogP contribution in [0.5, 0.6) is 0 Å². The molecule has 2 rings (SSSR count). The maximum atomic E-state index is 10.9. The van der Waals surface area contributed by atoms with Crippen molar-refractivity contribution in [2.45, 2.75) is 13.3 Å². The molecular formula is C18H19NO2. The van der Waals surface area contributed by atoms with Crippen molar-refractivity contribution in [1.82, 2.24) is 0 Å². The number of carboxylic acid groups (broad SMARTS) is 1. The summed E-state index contributed by atoms with van der Waals surface area (Å²) in [4.78, 5) is 10.9. The molecule has 3 heteroatoms. The van der Waals surface area contributed by atoms with E-state index >= 15 is 0 Å². The standard InChI is InChI=1S/C18H19NO2/c1-2-14(18(20)21)12-13-19-17-10-8-16(9-11-17)15-6-4-3-5-7-15/h3-12,19H,2,13H2,1H3,(H,20,21)/b14-12-. The molecule has 0 radical (unpaired) electrons. The van der Waals surface area contributed by atoms with Gasteiger partial charge >= 0.3 is 5.97 Å². The molecular weight excluding hydrogens is 262 g/mol. The molecule has 0 atom stereocenters. The van der Waals surface area contributed by atoms with Crippen LogP contribution < -0.4 is 5.32 Å². The molecule has 0 spiro atoms. The molecule has 2 aromatic carbocycles. The van der Waals surface area contributed by atoms with E-state index in [1.165, 1.54) is 5.56 Å². The highest BCUT2D eigenvalue weighted by molar-refractivity contribution is 5.86. The van der Waals surface area contributed by atoms with E-state index in [0.29, 0.717) is 18.5 Å². The minimum absolute atomic E-state index is 0.434. The van der Waals surface area contributed by atoms with Crippen LogP contribution in [0.3, 0.4) is 0 Å². The molecule has 0 saturated carbocycles. The summed E-state index contributed by atoms with van der Waals surface area (Å²) in [5.41, 5.74) is 3.76. The zero-order valence-electron chi connectivity index (χ0n) is 12.0. The van der Waals surface area contributed by atoms with E-state index in [1.807, 2.05) is 37.3 Å². The van der Waals surface area contributed by atoms with Crippen LogP contribution in [-0.4, -0.2) is 17.6 Å². The SMILES string of the molecule is CC/C(=C/CNc1ccc(-c2ccccc2)cc1)C(=O)O. The van der Waals surface area contributed by atoms with Crippen molar-refractivity contribution >= 4 is 11.7 Å². The van der Waals surface area contributed by atoms with Crippen molar-refractivity contribution in [3.63, 3.8) is 0 Å². The molecule has 0 heterocycles. The molecule has 2 aromatic rings. The summed E-state index contributed by atoms with van der Waals surface area (Å²) in [6.45, 7) is 2.36. The number of benzene rings is 2. The Morgan fingerprint density at radius 1 is 1.05 bits per heavy atom. The molecule has 3 nitrogen and oxygen atoms in total. The van der Waals surface area contributed by atoms with E-state index in [9.17, 15) is 4.79 Å². The first-order chi connectivity index (χ1) is 10.2. The number of anilines is 1. The zero-order valence-corrected chi connectivity index (χ0v) is 12.0. The first-order valence-corrected chi connectivity index (χ1v) is 7.02. The van der Waals surface area contributed by atoms with E-state index in [1.54, 1.807) is 6.08 Å². The van der Waals surface area contributed by atoms with Crippen LogP contribution in [0.2, 0.25) is 0 Å². The van der Waals surface area contributed by atoms with Gasteiger partial charge in [-0.25, -0.2) is 4.79 Å². The number of hydrogen-bond donors (Lipinski definition) is 2. The van der Waals surface area contributed by atoms with Crippen molar-refractivity contribution in [3.05, 3.63) is 66.2 Å². The molecule has 21 heavy (non-hydrogen) atoms. The van der Waals surface area contributed by atoms with Gasteiger partial charge in [0.05, 0.1) is 0 Å². The quantitative estimate of drug-likeness (QED) is 0.781. The second-order valence-electron chi connectivity index (χ2n) is 4.71. The van der Waals surface area contributed by atoms with Crippen molar-refractivity contribution in [2.24, 2.45) is 0 Å². The van der Waals surface area contributed by atoms with Gasteiger partial charge in [0.2, 0.25) is 0 Å². The Labute approximate surface area is 124 Å². The van der Waals surface area contributed by atoms with Crippen molar-refractivity contribution in [1.29, 1.82) is 0 Å². The molecule has 0 fully saturated rings. The van der Waals surface area contributed by atoms with Gasteiger partial charge in [-0.2, -0.15) is 0 Å². The van der Waals surface area contributed by atoms with E-state index in [4.69, 9.17) is 5.11 Å². The summed E-state index contributed by atoms with van der Waals surface area (Å²) >= 11 is 0. The van der Waals surface area contributed by atoms with E-state index in [-0.39, 0.29) is 0 Å². The highest BCUT2D eigenvalue weighted by atomic mass is 16.4. The van der Waals surface area contributed by atoms with Crippen LogP contribution in [0.1, 0.15) is 13.3 Å². The average Bonchev–Trinajstić information content (AvgIpc) is 2.53. The number of carboxylic acids is 1. The van der Waals surface area contributed by atoms with Crippen molar-refractivity contribution in [3.8, 4) is 11.1 Å². The third-order valence-corrected chi connectivity index (χ3v) is 3.30. The molecule has 0 aromatic heterocycles. The van der Waals surface area contributed by atoms with Gasteiger partial charge in [-0.3, -0.25) is 0 Å². The predicted molar refractivity (Wildman–Crippen MR) is 86.4 cm³/mol. The maximum absolute atomic E-state index is 10.9. The molecule has 0 unspecified atom stereocenters. The Hall–Kier alpha value is -2.55. The third kappa shape index (κ3) is 4.21. The molecule has 0 bridgehead atoms. The summed E-state index contributed by atoms with van der Waals surface area (Å²) < 4.78 is 0. The molecule has 0 aliphatic heterocycles. The maximum Gasteiger partial charge on any atom is 0.331 e. The summed E-state index contributed by atoms with van der Waals surface area (Å²) in [5.74, 6) is -0.848. The summed E-state index contributed by atoms with van der Waals surface area (Å²) in [6.07, 6.45) is 2.25. The zero-order chi connectivity index (χ0) is 15.1. The molecule has 108 valence electrons. The molecule has 0 amide bonds. The molecule has 0 aliphatic rings. The van der Waals surface area contributed by atoms with Gasteiger partial charge in [0.15, 0.2) is 0 Å². The lowest BCUT2D eigenvalue weighted by molar-refractivity contribution is -0.132. The van der Waals surface area contributed by atoms with Crippen LogP contribution in [0.25, 0.3) is 11.1 Å². The number of carbonyl (C=O) groups is 1. The fourth-order valence-corrected chi connectivity index (χ4v) is 2.09. The van der Waals surface area contributed by atoms with Crippen molar-refractivity contribution in [2.75, 3.05) is 11.9 Å². The third-order valence-electron chi connectivity index (χ3n) is 3.30. The fraction of sp³-hybridized carbons (Fsp3) is 0.167. The molecule has 0 aliphatic carbocycles. The Morgan fingerprint density at radius 3 is 2.24 bits per heavy atom. The minimum Gasteiger partial charge on any atom is -0.478 e. The van der Waals surface area contributed by atoms with Crippen LogP contribution in [0, 0.1) is 0 Å². The van der Waals surface area contributed by atoms with E-state index in [2.05, 4.69) is 29.6 Å². The minimum atomic E-state index is -0.848. The Bertz CT molecular complexity index is 615. The van der Waals surface area contributed by atoms with Crippen molar-refractivity contribution < 1.29 is 9.90 Å². The first kappa shape index (κ1) is 14.9. The van der Waals surface area contributed by atoms with Gasteiger partial charge in [-0.05, 0) is 29.7 Å². The van der Waals surface area contributed by atoms with Crippen LogP contribution in [-0.2, 0) is 4.79 Å². The number of nitrogens with one attached hydrogen (secondary N) is 1. The summed E-state index contributed by atoms with van der Waals surface area (Å²) in [7, 11) is 0. The first-order valence-electron chi connectivity index (χ1n) is 7.02. The monoisotopic (exact) mass is 281 g/mol. The second kappa shape index (κ2) is 7.29. The molecule has 2 N–H and O–H groups in total. The predicted octanol–water partition coefficient (Wildman–Crippen LogP) is 4.19. The van der Waals surface area contributed by atoms with Crippen LogP contribution in [0.4, 0.5) is 5.69 Å². The van der Waals surface area contributed by atoms with Gasteiger partial charge in [0.1, 0.15) is 0 Å². The highest BCUT2D eigenvalue weighted by Gasteiger charge is 2.02. The summed E-state index contributed by atoms with van der Waals surface area (Å²) in [6, 6.07) is 18.3. The fourth-order valence-electron chi connectivity index (χ4n) is 2.09. The number of aliphatic carboxylic acids is 1. The Balaban J connectivity index is 1.99. The van der Waals surface area contributed by atoms with E-state index < -0.39 is 5.97 Å². The van der Waals surface area contributed by atoms with Gasteiger partial charge in [0.25, 0.3) is 0 Å². The van der Waals surface area contributed by atoms with E-state index in [0.717, 1.165) is 11.3 Å². The molecule has 0 saturated heterocycles. The highest BCUT2D eigenvalue weighted by Crippen LogP contribution is 2.20. The number of rotatable bonds is 6. The normalized spacial score (nSPS) is 11.2. The van der Waals surface area contributed by atoms with Gasteiger partial charge in [-0.15, -0.1) is 0 Å². The van der Waals surface area contributed by atoms with Gasteiger partial charge in [0, 0.05) is 17.8 Å². The lowest BCUT2D eigenvalue weighted by Crippen LogP contribution is -2.04. The van der Waals surface area contributed by atoms with Crippen LogP contribution >= 0.6 is 0 Å². The summed E-state index contributed by atoms with van der Waals surface area (Å²) in [5, 5.41) is 12.1. The Kier molecular flexibility index (Phi) is 5.16. The number of hydrogen-bond acceptors (Lipinski definition) is 2. The largest absolute Gasteiger partial charge is 0.478 e. The smallest absolute Gasteiger partial charge is 0.331 e. The lowest BCUT2D eigenvalue weighted by Gasteiger charge is -2.06. The topological polar surface area (TPSA) is 49.3 Å². The van der Waals surface area contributed by atoms with Gasteiger partial charge < -0.3 is 10.4 Å². The second-order valence-corrected chi connectivity index (χ2v) is 4.71.